The molecule has 0 bridgehead atoms. The molecule has 0 heterocycles. The van der Waals surface area contributed by atoms with Crippen LogP contribution < -0.4 is 5.73 Å². The number of rotatable bonds is 5. The van der Waals surface area contributed by atoms with Crippen molar-refractivity contribution in [3.63, 3.8) is 0 Å². The number of ether oxygens (including phenoxy) is 2. The molecule has 0 aromatic rings. The van der Waals surface area contributed by atoms with Gasteiger partial charge < -0.3 is 15.2 Å². The zero-order valence-electron chi connectivity index (χ0n) is 6.54. The van der Waals surface area contributed by atoms with Crippen molar-refractivity contribution >= 4 is 9.52 Å². The highest BCUT2D eigenvalue weighted by Crippen LogP contribution is 1.90. The summed E-state index contributed by atoms with van der Waals surface area (Å²) in [5, 5.41) is 0. The van der Waals surface area contributed by atoms with Crippen LogP contribution in [0.25, 0.3) is 0 Å². The summed E-state index contributed by atoms with van der Waals surface area (Å²) in [6.45, 7) is 3.58. The minimum atomic E-state index is -0.535. The summed E-state index contributed by atoms with van der Waals surface area (Å²) in [5.74, 6) is -0.0759. The summed E-state index contributed by atoms with van der Waals surface area (Å²) in [7, 11) is 2.71. The second-order valence-corrected chi connectivity index (χ2v) is 4.12. The first-order valence-corrected chi connectivity index (χ1v) is 4.81. The molecule has 0 fully saturated rings. The van der Waals surface area contributed by atoms with Gasteiger partial charge in [-0.3, -0.25) is 0 Å². The standard InChI is InChI=1S/C6H15NO2Si/c1-4-5(7)10-6(8-2)9-3/h4-6H,1,7,10H2,2-3H3. The van der Waals surface area contributed by atoms with Crippen LogP contribution in [0.5, 0.6) is 0 Å². The molecule has 0 rings (SSSR count). The van der Waals surface area contributed by atoms with Crippen molar-refractivity contribution in [2.45, 2.75) is 11.6 Å². The number of nitrogens with two attached hydrogens (primary N) is 1. The summed E-state index contributed by atoms with van der Waals surface area (Å²) in [4.78, 5) is 0. The molecule has 0 saturated carbocycles. The average molecular weight is 161 g/mol. The maximum Gasteiger partial charge on any atom is 0.136 e. The molecule has 1 unspecified atom stereocenters. The van der Waals surface area contributed by atoms with E-state index in [1.807, 2.05) is 0 Å². The first kappa shape index (κ1) is 9.84. The van der Waals surface area contributed by atoms with Crippen LogP contribution in [0.1, 0.15) is 0 Å². The van der Waals surface area contributed by atoms with Gasteiger partial charge in [0.15, 0.2) is 0 Å². The van der Waals surface area contributed by atoms with E-state index in [0.717, 1.165) is 0 Å². The molecule has 0 radical (unpaired) electrons. The zero-order chi connectivity index (χ0) is 7.98. The minimum absolute atomic E-state index is 0.0759. The van der Waals surface area contributed by atoms with Gasteiger partial charge in [0, 0.05) is 19.9 Å². The van der Waals surface area contributed by atoms with Gasteiger partial charge in [-0.2, -0.15) is 0 Å². The number of hydrogen-bond donors (Lipinski definition) is 1. The molecule has 0 amide bonds. The van der Waals surface area contributed by atoms with Crippen LogP contribution in [-0.4, -0.2) is 35.3 Å². The maximum absolute atomic E-state index is 5.61. The summed E-state index contributed by atoms with van der Waals surface area (Å²) < 4.78 is 9.97. The zero-order valence-corrected chi connectivity index (χ0v) is 7.95. The molecule has 3 nitrogen and oxygen atoms in total. The van der Waals surface area contributed by atoms with Crippen LogP contribution in [-0.2, 0) is 9.47 Å². The Morgan fingerprint density at radius 1 is 1.50 bits per heavy atom. The fraction of sp³-hybridized carbons (Fsp3) is 0.667. The van der Waals surface area contributed by atoms with Crippen LogP contribution in [0.4, 0.5) is 0 Å². The second kappa shape index (κ2) is 5.61. The summed E-state index contributed by atoms with van der Waals surface area (Å²) >= 11 is 0. The molecule has 0 aromatic heterocycles. The Hall–Kier alpha value is -0.163. The van der Waals surface area contributed by atoms with Crippen LogP contribution in [0.2, 0.25) is 0 Å². The van der Waals surface area contributed by atoms with Crippen LogP contribution in [0.3, 0.4) is 0 Å². The number of methoxy groups -OCH3 is 2. The highest BCUT2D eigenvalue weighted by Gasteiger charge is 2.09. The van der Waals surface area contributed by atoms with E-state index in [1.165, 1.54) is 0 Å². The fourth-order valence-electron chi connectivity index (χ4n) is 0.607. The Bertz CT molecular complexity index is 95.7. The third-order valence-electron chi connectivity index (χ3n) is 1.29. The maximum atomic E-state index is 5.61. The molecule has 0 aliphatic rings. The van der Waals surface area contributed by atoms with Crippen molar-refractivity contribution in [3.05, 3.63) is 12.7 Å². The molecule has 0 aliphatic heterocycles. The van der Waals surface area contributed by atoms with Gasteiger partial charge in [-0.1, -0.05) is 6.08 Å². The third kappa shape index (κ3) is 3.79. The van der Waals surface area contributed by atoms with E-state index in [2.05, 4.69) is 6.58 Å². The van der Waals surface area contributed by atoms with Crippen molar-refractivity contribution in [1.82, 2.24) is 0 Å². The van der Waals surface area contributed by atoms with Gasteiger partial charge in [0.05, 0.1) is 0 Å². The second-order valence-electron chi connectivity index (χ2n) is 2.04. The predicted molar refractivity (Wildman–Crippen MR) is 44.5 cm³/mol. The Morgan fingerprint density at radius 3 is 2.30 bits per heavy atom. The molecule has 60 valence electrons. The van der Waals surface area contributed by atoms with Gasteiger partial charge in [0.25, 0.3) is 0 Å². The van der Waals surface area contributed by atoms with Gasteiger partial charge in [-0.05, 0) is 0 Å². The quantitative estimate of drug-likeness (QED) is 0.326. The smallest absolute Gasteiger partial charge is 0.136 e. The molecule has 10 heavy (non-hydrogen) atoms. The summed E-state index contributed by atoms with van der Waals surface area (Å²) in [5.41, 5.74) is 5.70. The van der Waals surface area contributed by atoms with Gasteiger partial charge in [0.2, 0.25) is 0 Å². The third-order valence-corrected chi connectivity index (χ3v) is 3.22. The lowest BCUT2D eigenvalue weighted by molar-refractivity contribution is -0.0444. The number of hydrogen-bond acceptors (Lipinski definition) is 3. The highest BCUT2D eigenvalue weighted by atomic mass is 28.2. The largest absolute Gasteiger partial charge is 0.360 e. The lowest BCUT2D eigenvalue weighted by Crippen LogP contribution is -2.36. The Balaban J connectivity index is 3.51. The first-order valence-electron chi connectivity index (χ1n) is 3.18. The predicted octanol–water partition coefficient (Wildman–Crippen LogP) is -0.798. The van der Waals surface area contributed by atoms with Crippen molar-refractivity contribution < 1.29 is 9.47 Å². The van der Waals surface area contributed by atoms with E-state index in [0.29, 0.717) is 0 Å². The van der Waals surface area contributed by atoms with Crippen molar-refractivity contribution in [2.24, 2.45) is 5.73 Å². The van der Waals surface area contributed by atoms with E-state index in [4.69, 9.17) is 15.2 Å². The van der Waals surface area contributed by atoms with E-state index in [9.17, 15) is 0 Å². The van der Waals surface area contributed by atoms with E-state index >= 15 is 0 Å². The van der Waals surface area contributed by atoms with Gasteiger partial charge in [-0.15, -0.1) is 6.58 Å². The van der Waals surface area contributed by atoms with E-state index in [-0.39, 0.29) is 11.6 Å². The molecule has 0 aromatic carbocycles. The summed E-state index contributed by atoms with van der Waals surface area (Å²) in [6.07, 6.45) is 1.73. The molecular formula is C6H15NO2Si. The molecule has 1 atom stereocenters. The first-order chi connectivity index (χ1) is 4.74. The normalized spacial score (nSPS) is 14.8. The lowest BCUT2D eigenvalue weighted by Gasteiger charge is -2.14. The molecule has 2 N–H and O–H groups in total. The SMILES string of the molecule is C=CC(N)[SiH2]C(OC)OC. The summed E-state index contributed by atoms with van der Waals surface area (Å²) in [6, 6.07) is 0. The Kier molecular flexibility index (Phi) is 5.52. The van der Waals surface area contributed by atoms with Crippen molar-refractivity contribution in [1.29, 1.82) is 0 Å². The monoisotopic (exact) mass is 161 g/mol. The van der Waals surface area contributed by atoms with E-state index in [1.54, 1.807) is 20.3 Å². The molecular weight excluding hydrogens is 146 g/mol. The molecule has 4 heteroatoms. The lowest BCUT2D eigenvalue weighted by atomic mass is 10.6. The molecule has 0 aliphatic carbocycles. The highest BCUT2D eigenvalue weighted by molar-refractivity contribution is 6.39. The average Bonchev–Trinajstić information content (AvgIpc) is 1.99. The van der Waals surface area contributed by atoms with Gasteiger partial charge in [0.1, 0.15) is 15.4 Å². The van der Waals surface area contributed by atoms with Gasteiger partial charge >= 0.3 is 0 Å². The fourth-order valence-corrected chi connectivity index (χ4v) is 1.63. The van der Waals surface area contributed by atoms with Crippen molar-refractivity contribution in [3.8, 4) is 0 Å². The van der Waals surface area contributed by atoms with E-state index < -0.39 is 9.52 Å². The molecule has 0 saturated heterocycles. The van der Waals surface area contributed by atoms with Crippen LogP contribution in [0, 0.1) is 0 Å². The Labute approximate surface area is 64.0 Å². The molecule has 0 spiro atoms. The minimum Gasteiger partial charge on any atom is -0.360 e. The van der Waals surface area contributed by atoms with Crippen LogP contribution in [0.15, 0.2) is 12.7 Å². The van der Waals surface area contributed by atoms with Crippen LogP contribution >= 0.6 is 0 Å². The van der Waals surface area contributed by atoms with Crippen molar-refractivity contribution in [2.75, 3.05) is 14.2 Å². The topological polar surface area (TPSA) is 44.5 Å². The van der Waals surface area contributed by atoms with Gasteiger partial charge in [-0.25, -0.2) is 0 Å². The Morgan fingerprint density at radius 2 is 2.00 bits per heavy atom.